The van der Waals surface area contributed by atoms with Crippen molar-refractivity contribution in [3.8, 4) is 0 Å². The Labute approximate surface area is 107 Å². The van der Waals surface area contributed by atoms with Crippen LogP contribution in [-0.4, -0.2) is 43.5 Å². The second kappa shape index (κ2) is 6.76. The van der Waals surface area contributed by atoms with Crippen LogP contribution in [0, 0.1) is 0 Å². The summed E-state index contributed by atoms with van der Waals surface area (Å²) in [7, 11) is 3.02. The molecule has 0 saturated carbocycles. The summed E-state index contributed by atoms with van der Waals surface area (Å²) in [5.74, 6) is -0.524. The second-order valence-electron chi connectivity index (χ2n) is 4.02. The minimum Gasteiger partial charge on any atom is -0.468 e. The maximum Gasteiger partial charge on any atom is 0.319 e. The van der Waals surface area contributed by atoms with Gasteiger partial charge in [0.1, 0.15) is 0 Å². The van der Waals surface area contributed by atoms with Crippen molar-refractivity contribution in [1.82, 2.24) is 4.90 Å². The number of nitrogens with zero attached hydrogens (tertiary/aromatic N) is 1. The van der Waals surface area contributed by atoms with Gasteiger partial charge in [0.2, 0.25) is 5.91 Å². The summed E-state index contributed by atoms with van der Waals surface area (Å²) < 4.78 is 4.56. The van der Waals surface area contributed by atoms with Crippen LogP contribution in [0.25, 0.3) is 0 Å². The number of ether oxygens (including phenoxy) is 1. The van der Waals surface area contributed by atoms with Crippen LogP contribution in [-0.2, 0) is 14.3 Å². The zero-order valence-electron chi connectivity index (χ0n) is 10.8. The lowest BCUT2D eigenvalue weighted by atomic mass is 10.2. The maximum absolute atomic E-state index is 11.9. The highest BCUT2D eigenvalue weighted by molar-refractivity contribution is 5.94. The number of likely N-dealkylation sites (N-methyl/N-ethyl adjacent to an activating group) is 1. The van der Waals surface area contributed by atoms with E-state index in [-0.39, 0.29) is 18.4 Å². The number of anilines is 1. The minimum atomic E-state index is -0.413. The van der Waals surface area contributed by atoms with E-state index in [9.17, 15) is 9.59 Å². The van der Waals surface area contributed by atoms with E-state index < -0.39 is 6.04 Å². The number of benzene rings is 1. The van der Waals surface area contributed by atoms with Crippen molar-refractivity contribution in [2.45, 2.75) is 13.0 Å². The molecule has 0 radical (unpaired) electrons. The van der Waals surface area contributed by atoms with Gasteiger partial charge >= 0.3 is 5.97 Å². The number of methoxy groups -OCH3 is 1. The fourth-order valence-corrected chi connectivity index (χ4v) is 1.37. The van der Waals surface area contributed by atoms with Crippen LogP contribution in [0.2, 0.25) is 0 Å². The highest BCUT2D eigenvalue weighted by Crippen LogP contribution is 2.07. The summed E-state index contributed by atoms with van der Waals surface area (Å²) in [4.78, 5) is 24.7. The quantitative estimate of drug-likeness (QED) is 0.796. The van der Waals surface area contributed by atoms with Crippen molar-refractivity contribution < 1.29 is 14.3 Å². The number of hydrogen-bond donors (Lipinski definition) is 1. The van der Waals surface area contributed by atoms with Gasteiger partial charge in [0.25, 0.3) is 0 Å². The van der Waals surface area contributed by atoms with E-state index in [4.69, 9.17) is 0 Å². The van der Waals surface area contributed by atoms with E-state index in [0.29, 0.717) is 0 Å². The summed E-state index contributed by atoms with van der Waals surface area (Å²) >= 11 is 0. The third-order valence-electron chi connectivity index (χ3n) is 2.69. The van der Waals surface area contributed by atoms with Gasteiger partial charge in [-0.05, 0) is 26.1 Å². The van der Waals surface area contributed by atoms with Crippen LogP contribution in [0.1, 0.15) is 6.92 Å². The highest BCUT2D eigenvalue weighted by atomic mass is 16.5. The largest absolute Gasteiger partial charge is 0.468 e. The molecule has 5 heteroatoms. The van der Waals surface area contributed by atoms with E-state index in [2.05, 4.69) is 10.1 Å². The van der Waals surface area contributed by atoms with Gasteiger partial charge in [-0.1, -0.05) is 18.2 Å². The number of esters is 1. The van der Waals surface area contributed by atoms with E-state index in [1.807, 2.05) is 30.3 Å². The number of amides is 1. The SMILES string of the molecule is COC(=O)CN(C)C(C)C(=O)Nc1ccccc1. The molecule has 0 aromatic heterocycles. The summed E-state index contributed by atoms with van der Waals surface area (Å²) in [5, 5.41) is 2.78. The molecule has 1 N–H and O–H groups in total. The molecule has 1 unspecified atom stereocenters. The molecule has 5 nitrogen and oxygen atoms in total. The summed E-state index contributed by atoms with van der Waals surface area (Å²) in [6, 6.07) is 8.78. The zero-order chi connectivity index (χ0) is 13.5. The van der Waals surface area contributed by atoms with Crippen molar-refractivity contribution in [3.05, 3.63) is 30.3 Å². The monoisotopic (exact) mass is 250 g/mol. The minimum absolute atomic E-state index is 0.0832. The van der Waals surface area contributed by atoms with Crippen molar-refractivity contribution in [2.75, 3.05) is 26.0 Å². The number of rotatable bonds is 5. The Kier molecular flexibility index (Phi) is 5.32. The molecule has 1 atom stereocenters. The topological polar surface area (TPSA) is 58.6 Å². The van der Waals surface area contributed by atoms with Crippen molar-refractivity contribution in [1.29, 1.82) is 0 Å². The molecule has 0 spiro atoms. The van der Waals surface area contributed by atoms with Gasteiger partial charge in [-0.15, -0.1) is 0 Å². The van der Waals surface area contributed by atoms with Crippen LogP contribution < -0.4 is 5.32 Å². The van der Waals surface area contributed by atoms with E-state index >= 15 is 0 Å². The Bertz CT molecular complexity index is 406. The lowest BCUT2D eigenvalue weighted by molar-refractivity contribution is -0.142. The first-order chi connectivity index (χ1) is 8.54. The van der Waals surface area contributed by atoms with Crippen LogP contribution in [0.4, 0.5) is 5.69 Å². The first kappa shape index (κ1) is 14.2. The molecule has 1 aromatic rings. The van der Waals surface area contributed by atoms with Gasteiger partial charge in [-0.3, -0.25) is 14.5 Å². The number of nitrogens with one attached hydrogen (secondary N) is 1. The molecule has 1 aromatic carbocycles. The molecule has 98 valence electrons. The first-order valence-corrected chi connectivity index (χ1v) is 5.67. The molecule has 1 amide bonds. The Morgan fingerprint density at radius 1 is 1.33 bits per heavy atom. The lowest BCUT2D eigenvalue weighted by Gasteiger charge is -2.22. The van der Waals surface area contributed by atoms with Gasteiger partial charge in [0.15, 0.2) is 0 Å². The Hall–Kier alpha value is -1.88. The molecule has 18 heavy (non-hydrogen) atoms. The van der Waals surface area contributed by atoms with Crippen LogP contribution in [0.5, 0.6) is 0 Å². The molecular weight excluding hydrogens is 232 g/mol. The number of hydrogen-bond acceptors (Lipinski definition) is 4. The average Bonchev–Trinajstić information content (AvgIpc) is 2.38. The lowest BCUT2D eigenvalue weighted by Crippen LogP contribution is -2.42. The first-order valence-electron chi connectivity index (χ1n) is 5.67. The second-order valence-corrected chi connectivity index (χ2v) is 4.02. The number of carbonyl (C=O) groups is 2. The van der Waals surface area contributed by atoms with E-state index in [1.165, 1.54) is 7.11 Å². The maximum atomic E-state index is 11.9. The highest BCUT2D eigenvalue weighted by Gasteiger charge is 2.20. The summed E-state index contributed by atoms with van der Waals surface area (Å²) in [5.41, 5.74) is 0.737. The fraction of sp³-hybridized carbons (Fsp3) is 0.385. The smallest absolute Gasteiger partial charge is 0.319 e. The van der Waals surface area contributed by atoms with Gasteiger partial charge in [0, 0.05) is 5.69 Å². The molecule has 0 aliphatic carbocycles. The van der Waals surface area contributed by atoms with Crippen molar-refractivity contribution >= 4 is 17.6 Å². The molecule has 0 aliphatic rings. The van der Waals surface area contributed by atoms with Crippen LogP contribution in [0.15, 0.2) is 30.3 Å². The van der Waals surface area contributed by atoms with Crippen molar-refractivity contribution in [2.24, 2.45) is 0 Å². The molecule has 0 aliphatic heterocycles. The Morgan fingerprint density at radius 2 is 1.94 bits per heavy atom. The third kappa shape index (κ3) is 4.18. The fourth-order valence-electron chi connectivity index (χ4n) is 1.37. The molecule has 0 saturated heterocycles. The van der Waals surface area contributed by atoms with Gasteiger partial charge in [-0.25, -0.2) is 0 Å². The van der Waals surface area contributed by atoms with E-state index in [0.717, 1.165) is 5.69 Å². The summed E-state index contributed by atoms with van der Waals surface area (Å²) in [6.07, 6.45) is 0. The molecule has 0 bridgehead atoms. The molecular formula is C13H18N2O3. The van der Waals surface area contributed by atoms with Gasteiger partial charge < -0.3 is 10.1 Å². The predicted octanol–water partition coefficient (Wildman–Crippen LogP) is 1.12. The van der Waals surface area contributed by atoms with Crippen LogP contribution in [0.3, 0.4) is 0 Å². The molecule has 0 fully saturated rings. The Balaban J connectivity index is 2.53. The van der Waals surface area contributed by atoms with Gasteiger partial charge in [-0.2, -0.15) is 0 Å². The zero-order valence-corrected chi connectivity index (χ0v) is 10.8. The molecule has 0 heterocycles. The third-order valence-corrected chi connectivity index (χ3v) is 2.69. The Morgan fingerprint density at radius 3 is 2.50 bits per heavy atom. The predicted molar refractivity (Wildman–Crippen MR) is 69.2 cm³/mol. The van der Waals surface area contributed by atoms with E-state index in [1.54, 1.807) is 18.9 Å². The standard InChI is InChI=1S/C13H18N2O3/c1-10(15(2)9-12(16)18-3)13(17)14-11-7-5-4-6-8-11/h4-8,10H,9H2,1-3H3,(H,14,17). The van der Waals surface area contributed by atoms with Gasteiger partial charge in [0.05, 0.1) is 19.7 Å². The number of para-hydroxylation sites is 1. The van der Waals surface area contributed by atoms with Crippen molar-refractivity contribution in [3.63, 3.8) is 0 Å². The van der Waals surface area contributed by atoms with Crippen LogP contribution >= 0.6 is 0 Å². The summed E-state index contributed by atoms with van der Waals surface area (Å²) in [6.45, 7) is 1.82. The molecule has 1 rings (SSSR count). The normalized spacial score (nSPS) is 12.0. The average molecular weight is 250 g/mol. The number of carbonyl (C=O) groups excluding carboxylic acids is 2.